The molecule has 2 saturated heterocycles. The van der Waals surface area contributed by atoms with E-state index in [2.05, 4.69) is 5.32 Å². The first kappa shape index (κ1) is 18.4. The van der Waals surface area contributed by atoms with Gasteiger partial charge in [-0.3, -0.25) is 9.59 Å². The quantitative estimate of drug-likeness (QED) is 0.746. The summed E-state index contributed by atoms with van der Waals surface area (Å²) in [5, 5.41) is 12.9. The molecular weight excluding hydrogens is 370 g/mol. The fourth-order valence-electron chi connectivity index (χ4n) is 4.59. The third kappa shape index (κ3) is 3.14. The molecule has 0 unspecified atom stereocenters. The lowest BCUT2D eigenvalue weighted by Gasteiger charge is -2.23. The van der Waals surface area contributed by atoms with Crippen LogP contribution in [0.1, 0.15) is 53.4 Å². The predicted molar refractivity (Wildman–Crippen MR) is 98.1 cm³/mol. The molecule has 8 heteroatoms. The summed E-state index contributed by atoms with van der Waals surface area (Å²) in [6, 6.07) is 0. The van der Waals surface area contributed by atoms with E-state index in [-0.39, 0.29) is 18.6 Å². The van der Waals surface area contributed by atoms with Gasteiger partial charge in [-0.05, 0) is 51.0 Å². The number of ether oxygens (including phenoxy) is 2. The van der Waals surface area contributed by atoms with Gasteiger partial charge in [0.15, 0.2) is 0 Å². The Bertz CT molecular complexity index is 787. The number of amides is 1. The van der Waals surface area contributed by atoms with Gasteiger partial charge in [-0.15, -0.1) is 11.3 Å². The minimum absolute atomic E-state index is 0.262. The average Bonchev–Trinajstić information content (AvgIpc) is 3.33. The third-order valence-corrected chi connectivity index (χ3v) is 6.96. The molecule has 7 nitrogen and oxygen atoms in total. The highest BCUT2D eigenvalue weighted by atomic mass is 32.1. The highest BCUT2D eigenvalue weighted by molar-refractivity contribution is 7.17. The van der Waals surface area contributed by atoms with Crippen LogP contribution in [0.25, 0.3) is 0 Å². The van der Waals surface area contributed by atoms with Gasteiger partial charge in [-0.2, -0.15) is 0 Å². The Labute approximate surface area is 161 Å². The predicted octanol–water partition coefficient (Wildman–Crippen LogP) is 2.62. The summed E-state index contributed by atoms with van der Waals surface area (Å²) >= 11 is 1.41. The first-order valence-corrected chi connectivity index (χ1v) is 10.3. The van der Waals surface area contributed by atoms with Crippen molar-refractivity contribution < 1.29 is 29.0 Å². The van der Waals surface area contributed by atoms with Gasteiger partial charge in [-0.25, -0.2) is 4.79 Å². The first-order chi connectivity index (χ1) is 13.0. The fourth-order valence-corrected chi connectivity index (χ4v) is 5.87. The molecule has 0 radical (unpaired) electrons. The van der Waals surface area contributed by atoms with Crippen LogP contribution in [-0.2, 0) is 31.9 Å². The molecule has 4 atom stereocenters. The molecule has 1 aromatic heterocycles. The van der Waals surface area contributed by atoms with Crippen molar-refractivity contribution in [2.24, 2.45) is 11.8 Å². The molecule has 1 aliphatic carbocycles. The summed E-state index contributed by atoms with van der Waals surface area (Å²) in [5.74, 6) is -3.36. The van der Waals surface area contributed by atoms with E-state index in [0.29, 0.717) is 23.4 Å². The van der Waals surface area contributed by atoms with Crippen LogP contribution in [-0.4, -0.2) is 41.8 Å². The molecule has 0 aromatic carbocycles. The summed E-state index contributed by atoms with van der Waals surface area (Å²) < 4.78 is 10.9. The number of rotatable bonds is 5. The van der Waals surface area contributed by atoms with Gasteiger partial charge in [0.05, 0.1) is 36.2 Å². The van der Waals surface area contributed by atoms with Gasteiger partial charge in [0, 0.05) is 4.88 Å². The Morgan fingerprint density at radius 1 is 1.19 bits per heavy atom. The fraction of sp³-hybridized carbons (Fsp3) is 0.632. The zero-order valence-electron chi connectivity index (χ0n) is 15.2. The molecule has 3 heterocycles. The molecule has 4 rings (SSSR count). The van der Waals surface area contributed by atoms with E-state index in [1.54, 1.807) is 6.92 Å². The van der Waals surface area contributed by atoms with Gasteiger partial charge in [-0.1, -0.05) is 0 Å². The number of hydrogen-bond acceptors (Lipinski definition) is 6. The summed E-state index contributed by atoms with van der Waals surface area (Å²) in [7, 11) is 0. The Morgan fingerprint density at radius 2 is 1.89 bits per heavy atom. The Balaban J connectivity index is 1.62. The second kappa shape index (κ2) is 7.24. The van der Waals surface area contributed by atoms with E-state index in [0.717, 1.165) is 36.1 Å². The van der Waals surface area contributed by atoms with Gasteiger partial charge in [0.1, 0.15) is 5.00 Å². The summed E-state index contributed by atoms with van der Waals surface area (Å²) in [4.78, 5) is 38.2. The normalized spacial score (nSPS) is 28.6. The number of aliphatic carboxylic acids is 1. The van der Waals surface area contributed by atoms with E-state index >= 15 is 0 Å². The van der Waals surface area contributed by atoms with Crippen LogP contribution in [0.15, 0.2) is 0 Å². The van der Waals surface area contributed by atoms with Crippen molar-refractivity contribution in [2.75, 3.05) is 11.9 Å². The number of carbonyl (C=O) groups excluding carboxylic acids is 2. The van der Waals surface area contributed by atoms with Gasteiger partial charge in [0.2, 0.25) is 5.91 Å². The smallest absolute Gasteiger partial charge is 0.341 e. The zero-order valence-corrected chi connectivity index (χ0v) is 16.0. The first-order valence-electron chi connectivity index (χ1n) is 9.52. The van der Waals surface area contributed by atoms with Crippen LogP contribution >= 0.6 is 11.3 Å². The molecule has 0 saturated carbocycles. The SMILES string of the molecule is CCOC(=O)c1c(NC(=O)[C@@H]2[C@@H](C(=O)O)[C@H]3CC[C@H]2O3)sc2c1CCCC2. The average molecular weight is 393 g/mol. The molecule has 0 spiro atoms. The van der Waals surface area contributed by atoms with Crippen LogP contribution in [0.3, 0.4) is 0 Å². The number of nitrogens with one attached hydrogen (secondary N) is 1. The van der Waals surface area contributed by atoms with E-state index < -0.39 is 29.9 Å². The molecule has 1 aromatic rings. The van der Waals surface area contributed by atoms with Crippen LogP contribution in [0.2, 0.25) is 0 Å². The molecular formula is C19H23NO6S. The van der Waals surface area contributed by atoms with Gasteiger partial charge < -0.3 is 19.9 Å². The number of anilines is 1. The third-order valence-electron chi connectivity index (χ3n) is 5.75. The second-order valence-corrected chi connectivity index (χ2v) is 8.41. The Hall–Kier alpha value is -1.93. The van der Waals surface area contributed by atoms with Gasteiger partial charge in [0.25, 0.3) is 0 Å². The van der Waals surface area contributed by atoms with Crippen LogP contribution in [0.4, 0.5) is 5.00 Å². The van der Waals surface area contributed by atoms with Crippen molar-refractivity contribution >= 4 is 34.2 Å². The number of esters is 1. The van der Waals surface area contributed by atoms with Crippen molar-refractivity contribution in [3.63, 3.8) is 0 Å². The summed E-state index contributed by atoms with van der Waals surface area (Å²) in [6.45, 7) is 2.01. The Kier molecular flexibility index (Phi) is 4.94. The topological polar surface area (TPSA) is 102 Å². The van der Waals surface area contributed by atoms with Crippen molar-refractivity contribution in [1.82, 2.24) is 0 Å². The van der Waals surface area contributed by atoms with Crippen LogP contribution in [0, 0.1) is 11.8 Å². The maximum Gasteiger partial charge on any atom is 0.341 e. The molecule has 146 valence electrons. The standard InChI is InChI=1S/C19H23NO6S/c1-2-25-19(24)13-9-5-3-4-6-12(9)27-17(13)20-16(21)14-10-7-8-11(26-10)15(14)18(22)23/h10-11,14-15H,2-8H2,1H3,(H,20,21)(H,22,23)/t10-,11-,14+,15+/m1/s1. The lowest BCUT2D eigenvalue weighted by atomic mass is 9.78. The van der Waals surface area contributed by atoms with Crippen LogP contribution < -0.4 is 5.32 Å². The molecule has 2 fully saturated rings. The molecule has 1 amide bonds. The van der Waals surface area contributed by atoms with E-state index in [1.165, 1.54) is 11.3 Å². The number of carboxylic acid groups (broad SMARTS) is 1. The minimum Gasteiger partial charge on any atom is -0.481 e. The van der Waals surface area contributed by atoms with E-state index in [9.17, 15) is 19.5 Å². The van der Waals surface area contributed by atoms with Crippen molar-refractivity contribution in [3.8, 4) is 0 Å². The molecule has 27 heavy (non-hydrogen) atoms. The highest BCUT2D eigenvalue weighted by Gasteiger charge is 2.55. The Morgan fingerprint density at radius 3 is 2.59 bits per heavy atom. The van der Waals surface area contributed by atoms with Crippen LogP contribution in [0.5, 0.6) is 0 Å². The highest BCUT2D eigenvalue weighted by Crippen LogP contribution is 2.45. The largest absolute Gasteiger partial charge is 0.481 e. The lowest BCUT2D eigenvalue weighted by Crippen LogP contribution is -2.41. The molecule has 2 N–H and O–H groups in total. The molecule has 3 aliphatic rings. The number of aryl methyl sites for hydroxylation is 1. The number of carbonyl (C=O) groups is 3. The number of hydrogen-bond donors (Lipinski definition) is 2. The minimum atomic E-state index is -1.00. The van der Waals surface area contributed by atoms with E-state index in [4.69, 9.17) is 9.47 Å². The van der Waals surface area contributed by atoms with Crippen molar-refractivity contribution in [2.45, 2.75) is 57.7 Å². The second-order valence-electron chi connectivity index (χ2n) is 7.30. The van der Waals surface area contributed by atoms with E-state index in [1.807, 2.05) is 0 Å². The number of thiophene rings is 1. The summed E-state index contributed by atoms with van der Waals surface area (Å²) in [6.07, 6.45) is 4.35. The maximum atomic E-state index is 13.0. The monoisotopic (exact) mass is 393 g/mol. The maximum absolute atomic E-state index is 13.0. The number of carboxylic acids is 1. The number of fused-ring (bicyclic) bond motifs is 3. The lowest BCUT2D eigenvalue weighted by molar-refractivity contribution is -0.147. The van der Waals surface area contributed by atoms with Crippen molar-refractivity contribution in [3.05, 3.63) is 16.0 Å². The summed E-state index contributed by atoms with van der Waals surface area (Å²) in [5.41, 5.74) is 1.42. The van der Waals surface area contributed by atoms with Gasteiger partial charge >= 0.3 is 11.9 Å². The zero-order chi connectivity index (χ0) is 19.1. The van der Waals surface area contributed by atoms with Crippen molar-refractivity contribution in [1.29, 1.82) is 0 Å². The molecule has 2 bridgehead atoms. The molecule has 2 aliphatic heterocycles.